The third-order valence-electron chi connectivity index (χ3n) is 6.43. The Balaban J connectivity index is 0.000000392. The molecule has 4 rings (SSSR count). The first-order chi connectivity index (χ1) is 17.3. The van der Waals surface area contributed by atoms with Crippen molar-refractivity contribution in [2.75, 3.05) is 54.0 Å². The Morgan fingerprint density at radius 1 is 0.917 bits per heavy atom. The van der Waals surface area contributed by atoms with Crippen molar-refractivity contribution >= 4 is 17.5 Å². The van der Waals surface area contributed by atoms with Crippen molar-refractivity contribution in [3.8, 4) is 22.6 Å². The fourth-order valence-electron chi connectivity index (χ4n) is 4.45. The Bertz CT molecular complexity index is 1120. The number of piperazine rings is 1. The monoisotopic (exact) mass is 494 g/mol. The fraction of sp³-hybridized carbons (Fsp3) is 0.357. The second-order valence-corrected chi connectivity index (χ2v) is 8.74. The van der Waals surface area contributed by atoms with Gasteiger partial charge in [0.25, 0.3) is 0 Å². The Labute approximate surface area is 212 Å². The lowest BCUT2D eigenvalue weighted by Crippen LogP contribution is -2.44. The Morgan fingerprint density at radius 3 is 2.17 bits per heavy atom. The lowest BCUT2D eigenvalue weighted by molar-refractivity contribution is -0.134. The second kappa shape index (κ2) is 12.9. The van der Waals surface area contributed by atoms with E-state index in [4.69, 9.17) is 19.7 Å². The molecule has 1 fully saturated rings. The highest BCUT2D eigenvalue weighted by molar-refractivity contribution is 5.89. The van der Waals surface area contributed by atoms with E-state index < -0.39 is 11.9 Å². The van der Waals surface area contributed by atoms with Gasteiger partial charge in [0.2, 0.25) is 0 Å². The molecule has 0 atom stereocenters. The van der Waals surface area contributed by atoms with Gasteiger partial charge in [-0.1, -0.05) is 30.3 Å². The molecule has 0 amide bonds. The average Bonchev–Trinajstić information content (AvgIpc) is 3.30. The van der Waals surface area contributed by atoms with Crippen molar-refractivity contribution in [3.05, 3.63) is 65.8 Å². The lowest BCUT2D eigenvalue weighted by Gasteiger charge is -2.32. The van der Waals surface area contributed by atoms with E-state index in [0.717, 1.165) is 30.9 Å². The van der Waals surface area contributed by atoms with Gasteiger partial charge in [0, 0.05) is 44.9 Å². The fourth-order valence-corrected chi connectivity index (χ4v) is 4.45. The van der Waals surface area contributed by atoms with E-state index in [2.05, 4.69) is 53.3 Å². The maximum atomic E-state index is 9.55. The minimum absolute atomic E-state index is 0.558. The van der Waals surface area contributed by atoms with Gasteiger partial charge in [-0.25, -0.2) is 9.59 Å². The number of carboxylic acid groups (broad SMARTS) is 2. The molecule has 2 aliphatic rings. The van der Waals surface area contributed by atoms with Gasteiger partial charge in [-0.2, -0.15) is 0 Å². The molecule has 1 heterocycles. The molecule has 2 aromatic rings. The van der Waals surface area contributed by atoms with E-state index in [0.29, 0.717) is 12.2 Å². The van der Waals surface area contributed by atoms with Crippen molar-refractivity contribution in [2.24, 2.45) is 0 Å². The largest absolute Gasteiger partial charge is 0.493 e. The van der Waals surface area contributed by atoms with Crippen LogP contribution >= 0.6 is 0 Å². The van der Waals surface area contributed by atoms with Crippen molar-refractivity contribution in [2.45, 2.75) is 12.8 Å². The smallest absolute Gasteiger partial charge is 0.328 e. The summed E-state index contributed by atoms with van der Waals surface area (Å²) < 4.78 is 10.9. The summed E-state index contributed by atoms with van der Waals surface area (Å²) in [5, 5.41) is 15.6. The van der Waals surface area contributed by atoms with Gasteiger partial charge >= 0.3 is 11.9 Å². The molecule has 1 aliphatic heterocycles. The number of methoxy groups -OCH3 is 2. The number of aliphatic carboxylic acids is 2. The number of rotatable bonds is 8. The van der Waals surface area contributed by atoms with Gasteiger partial charge < -0.3 is 29.5 Å². The minimum Gasteiger partial charge on any atom is -0.493 e. The first-order valence-electron chi connectivity index (χ1n) is 11.9. The number of hydrogen-bond acceptors (Lipinski definition) is 6. The summed E-state index contributed by atoms with van der Waals surface area (Å²) in [6, 6.07) is 12.9. The Morgan fingerprint density at radius 2 is 1.56 bits per heavy atom. The number of carboxylic acids is 2. The van der Waals surface area contributed by atoms with Gasteiger partial charge in [0.1, 0.15) is 0 Å². The third kappa shape index (κ3) is 7.19. The molecule has 8 heteroatoms. The van der Waals surface area contributed by atoms with Gasteiger partial charge in [-0.05, 0) is 59.8 Å². The Kier molecular flexibility index (Phi) is 9.67. The normalized spacial score (nSPS) is 15.6. The molecule has 0 bridgehead atoms. The number of carbonyl (C=O) groups is 2. The van der Waals surface area contributed by atoms with Crippen molar-refractivity contribution in [3.63, 3.8) is 0 Å². The molecule has 0 spiro atoms. The molecule has 0 radical (unpaired) electrons. The number of allylic oxidation sites excluding steroid dienone is 1. The zero-order valence-corrected chi connectivity index (χ0v) is 21.1. The summed E-state index contributed by atoms with van der Waals surface area (Å²) in [6.07, 6.45) is 5.68. The van der Waals surface area contributed by atoms with Gasteiger partial charge in [-0.3, -0.25) is 0 Å². The van der Waals surface area contributed by atoms with E-state index >= 15 is 0 Å². The van der Waals surface area contributed by atoms with Gasteiger partial charge in [0.15, 0.2) is 11.5 Å². The molecule has 2 N–H and O–H groups in total. The first-order valence-corrected chi connectivity index (χ1v) is 11.9. The number of fused-ring (bicyclic) bond motifs is 1. The van der Waals surface area contributed by atoms with Crippen LogP contribution in [0, 0.1) is 0 Å². The minimum atomic E-state index is -1.26. The Hall–Kier alpha value is -3.62. The number of benzene rings is 2. The molecule has 0 saturated carbocycles. The quantitative estimate of drug-likeness (QED) is 0.537. The van der Waals surface area contributed by atoms with Crippen LogP contribution in [0.2, 0.25) is 0 Å². The average molecular weight is 495 g/mol. The predicted molar refractivity (Wildman–Crippen MR) is 140 cm³/mol. The molecule has 1 aliphatic carbocycles. The summed E-state index contributed by atoms with van der Waals surface area (Å²) in [5.74, 6) is -0.969. The standard InChI is InChI=1S/C24H30N2O2.C4H4O4/c1-25-13-15-26(16-14-25)12-11-18-7-9-22-20(18)5-4-6-21(22)19-8-10-23(27-2)24(17-19)28-3;5-3(6)1-2-4(7)8/h4-8,10,17H,9,11-16H2,1-3H3;1-2H,(H,5,6)(H,7,8)/b;2-1-. The topological polar surface area (TPSA) is 99.5 Å². The molecular formula is C28H34N2O6. The molecule has 1 saturated heterocycles. The molecule has 0 unspecified atom stereocenters. The lowest BCUT2D eigenvalue weighted by atomic mass is 9.94. The number of likely N-dealkylation sites (N-methyl/N-ethyl adjacent to an activating group) is 1. The van der Waals surface area contributed by atoms with Gasteiger partial charge in [0.05, 0.1) is 14.2 Å². The number of nitrogens with zero attached hydrogens (tertiary/aromatic N) is 2. The van der Waals surface area contributed by atoms with Gasteiger partial charge in [-0.15, -0.1) is 0 Å². The molecule has 192 valence electrons. The van der Waals surface area contributed by atoms with Crippen LogP contribution < -0.4 is 9.47 Å². The SMILES string of the molecule is COc1ccc(-c2cccc3c2CC=C3CCN2CCN(C)CC2)cc1OC.O=C(O)/C=C\C(=O)O. The summed E-state index contributed by atoms with van der Waals surface area (Å²) in [7, 11) is 5.58. The van der Waals surface area contributed by atoms with E-state index in [1.807, 2.05) is 6.07 Å². The zero-order valence-electron chi connectivity index (χ0n) is 21.1. The van der Waals surface area contributed by atoms with Crippen molar-refractivity contribution in [1.29, 1.82) is 0 Å². The van der Waals surface area contributed by atoms with Crippen LogP contribution in [0.25, 0.3) is 16.7 Å². The van der Waals surface area contributed by atoms with Crippen molar-refractivity contribution in [1.82, 2.24) is 9.80 Å². The van der Waals surface area contributed by atoms with E-state index in [1.54, 1.807) is 14.2 Å². The predicted octanol–water partition coefficient (Wildman–Crippen LogP) is 3.66. The molecule has 36 heavy (non-hydrogen) atoms. The highest BCUT2D eigenvalue weighted by Crippen LogP contribution is 2.39. The number of ether oxygens (including phenoxy) is 2. The van der Waals surface area contributed by atoms with Crippen LogP contribution in [0.5, 0.6) is 11.5 Å². The highest BCUT2D eigenvalue weighted by atomic mass is 16.5. The van der Waals surface area contributed by atoms with Crippen LogP contribution in [0.15, 0.2) is 54.6 Å². The van der Waals surface area contributed by atoms with Crippen LogP contribution in [0.1, 0.15) is 17.5 Å². The highest BCUT2D eigenvalue weighted by Gasteiger charge is 2.20. The van der Waals surface area contributed by atoms with E-state index in [9.17, 15) is 9.59 Å². The molecule has 8 nitrogen and oxygen atoms in total. The second-order valence-electron chi connectivity index (χ2n) is 8.74. The van der Waals surface area contributed by atoms with Crippen molar-refractivity contribution < 1.29 is 29.3 Å². The third-order valence-corrected chi connectivity index (χ3v) is 6.43. The summed E-state index contributed by atoms with van der Waals surface area (Å²) in [6.45, 7) is 5.88. The van der Waals surface area contributed by atoms with Crippen LogP contribution in [-0.4, -0.2) is 85.9 Å². The maximum Gasteiger partial charge on any atom is 0.328 e. The van der Waals surface area contributed by atoms with Crippen LogP contribution in [-0.2, 0) is 16.0 Å². The molecule has 2 aromatic carbocycles. The first kappa shape index (κ1) is 27.0. The summed E-state index contributed by atoms with van der Waals surface area (Å²) in [4.78, 5) is 24.1. The van der Waals surface area contributed by atoms with E-state index in [-0.39, 0.29) is 0 Å². The van der Waals surface area contributed by atoms with E-state index in [1.165, 1.54) is 54.0 Å². The molecule has 0 aromatic heterocycles. The summed E-state index contributed by atoms with van der Waals surface area (Å²) >= 11 is 0. The maximum absolute atomic E-state index is 9.55. The molecular weight excluding hydrogens is 460 g/mol. The number of hydrogen-bond donors (Lipinski definition) is 2. The van der Waals surface area contributed by atoms with Crippen LogP contribution in [0.4, 0.5) is 0 Å². The van der Waals surface area contributed by atoms with Crippen LogP contribution in [0.3, 0.4) is 0 Å². The zero-order chi connectivity index (χ0) is 26.1. The summed E-state index contributed by atoms with van der Waals surface area (Å²) in [5.41, 5.74) is 6.83.